The molecule has 104 valence electrons. The monoisotopic (exact) mass is 271 g/mol. The fourth-order valence-corrected chi connectivity index (χ4v) is 2.87. The van der Waals surface area contributed by atoms with E-state index in [1.54, 1.807) is 0 Å². The van der Waals surface area contributed by atoms with Gasteiger partial charge in [0, 0.05) is 26.4 Å². The summed E-state index contributed by atoms with van der Waals surface area (Å²) in [6.45, 7) is 9.80. The number of rotatable bonds is 8. The van der Waals surface area contributed by atoms with Crippen LogP contribution < -0.4 is 0 Å². The molecule has 0 heterocycles. The van der Waals surface area contributed by atoms with Crippen molar-refractivity contribution in [2.75, 3.05) is 26.4 Å². The Morgan fingerprint density at radius 1 is 0.941 bits per heavy atom. The summed E-state index contributed by atoms with van der Waals surface area (Å²) < 4.78 is 21.7. The van der Waals surface area contributed by atoms with E-state index in [9.17, 15) is 0 Å². The molecular weight excluding hydrogens is 250 g/mol. The lowest BCUT2D eigenvalue weighted by molar-refractivity contribution is -0.742. The van der Waals surface area contributed by atoms with Crippen molar-refractivity contribution in [1.82, 2.24) is 0 Å². The average Bonchev–Trinajstić information content (AvgIpc) is 2.18. The summed E-state index contributed by atoms with van der Waals surface area (Å²) in [7, 11) is -2.80. The Bertz CT molecular complexity index is 159. The van der Waals surface area contributed by atoms with E-state index in [0.29, 0.717) is 26.4 Å². The second kappa shape index (κ2) is 11.7. The van der Waals surface area contributed by atoms with Gasteiger partial charge in [-0.2, -0.15) is 0 Å². The van der Waals surface area contributed by atoms with Crippen molar-refractivity contribution in [2.45, 2.75) is 27.7 Å². The normalized spacial score (nSPS) is 10.6. The molecule has 0 aromatic rings. The molecular formula is C8H21NO7Si. The summed E-state index contributed by atoms with van der Waals surface area (Å²) in [5, 5.41) is 13.6. The molecule has 0 aromatic carbocycles. The van der Waals surface area contributed by atoms with E-state index in [0.717, 1.165) is 0 Å². The molecule has 9 heteroatoms. The SMILES string of the molecule is CCO[Si](OCC)(OCC)OCC.O=[N+]([O-])O. The first-order valence-corrected chi connectivity index (χ1v) is 7.00. The van der Waals surface area contributed by atoms with Gasteiger partial charge in [-0.15, -0.1) is 10.1 Å². The molecule has 0 unspecified atom stereocenters. The Labute approximate surface area is 102 Å². The van der Waals surface area contributed by atoms with Gasteiger partial charge in [0.15, 0.2) is 0 Å². The van der Waals surface area contributed by atoms with Crippen LogP contribution in [-0.4, -0.2) is 45.8 Å². The minimum atomic E-state index is -2.80. The van der Waals surface area contributed by atoms with Gasteiger partial charge in [-0.25, -0.2) is 0 Å². The fraction of sp³-hybridized carbons (Fsp3) is 1.00. The van der Waals surface area contributed by atoms with Crippen molar-refractivity contribution < 1.29 is 28.0 Å². The zero-order valence-electron chi connectivity index (χ0n) is 10.7. The summed E-state index contributed by atoms with van der Waals surface area (Å²) >= 11 is 0. The number of hydrogen-bond donors (Lipinski definition) is 1. The zero-order chi connectivity index (χ0) is 13.7. The second-order valence-corrected chi connectivity index (χ2v) is 4.62. The Kier molecular flexibility index (Phi) is 12.9. The molecule has 0 amide bonds. The van der Waals surface area contributed by atoms with Gasteiger partial charge in [0.25, 0.3) is 5.09 Å². The van der Waals surface area contributed by atoms with E-state index in [4.69, 9.17) is 33.0 Å². The van der Waals surface area contributed by atoms with Crippen LogP contribution in [0.25, 0.3) is 0 Å². The second-order valence-electron chi connectivity index (χ2n) is 2.47. The van der Waals surface area contributed by atoms with Crippen LogP contribution in [0.4, 0.5) is 0 Å². The highest BCUT2D eigenvalue weighted by atomic mass is 28.4. The topological polar surface area (TPSA) is 100 Å². The van der Waals surface area contributed by atoms with Crippen LogP contribution in [0.3, 0.4) is 0 Å². The van der Waals surface area contributed by atoms with Crippen LogP contribution in [0.5, 0.6) is 0 Å². The van der Waals surface area contributed by atoms with Crippen LogP contribution in [0, 0.1) is 10.1 Å². The van der Waals surface area contributed by atoms with Gasteiger partial charge in [-0.05, 0) is 27.7 Å². The molecule has 0 fully saturated rings. The van der Waals surface area contributed by atoms with Crippen LogP contribution in [0.1, 0.15) is 27.7 Å². The number of nitrogens with zero attached hydrogens (tertiary/aromatic N) is 1. The lowest BCUT2D eigenvalue weighted by atomic mass is 10.9. The van der Waals surface area contributed by atoms with Crippen molar-refractivity contribution in [3.8, 4) is 0 Å². The number of hydrogen-bond acceptors (Lipinski definition) is 6. The van der Waals surface area contributed by atoms with Crippen molar-refractivity contribution >= 4 is 9.05 Å². The smallest absolute Gasteiger partial charge is 0.351 e. The van der Waals surface area contributed by atoms with E-state index in [1.807, 2.05) is 27.7 Å². The zero-order valence-corrected chi connectivity index (χ0v) is 11.7. The molecule has 1 N–H and O–H groups in total. The molecule has 0 spiro atoms. The minimum absolute atomic E-state index is 0.548. The standard InChI is InChI=1S/C8H20O4Si.HNO3/c1-5-9-13(10-6-2,11-7-3)12-8-4;2-1(3)4/h5-8H2,1-4H3;(H,2,3,4). The van der Waals surface area contributed by atoms with Gasteiger partial charge in [-0.1, -0.05) is 0 Å². The third-order valence-electron chi connectivity index (χ3n) is 1.28. The highest BCUT2D eigenvalue weighted by Crippen LogP contribution is 2.11. The fourth-order valence-electron chi connectivity index (χ4n) is 0.957. The Morgan fingerprint density at radius 2 is 1.12 bits per heavy atom. The molecule has 0 bridgehead atoms. The first-order valence-electron chi connectivity index (χ1n) is 5.36. The van der Waals surface area contributed by atoms with E-state index in [1.165, 1.54) is 0 Å². The maximum absolute atomic E-state index is 8.36. The Morgan fingerprint density at radius 3 is 1.24 bits per heavy atom. The summed E-state index contributed by atoms with van der Waals surface area (Å²) in [5.41, 5.74) is 0. The summed E-state index contributed by atoms with van der Waals surface area (Å²) in [5.74, 6) is 0. The van der Waals surface area contributed by atoms with Crippen LogP contribution >= 0.6 is 0 Å². The van der Waals surface area contributed by atoms with Crippen molar-refractivity contribution in [2.24, 2.45) is 0 Å². The third kappa shape index (κ3) is 11.5. The van der Waals surface area contributed by atoms with Gasteiger partial charge in [0.1, 0.15) is 0 Å². The summed E-state index contributed by atoms with van der Waals surface area (Å²) in [4.78, 5) is 8.36. The molecule has 0 aliphatic carbocycles. The molecule has 0 saturated heterocycles. The van der Waals surface area contributed by atoms with Gasteiger partial charge in [-0.3, -0.25) is 0 Å². The molecule has 0 rings (SSSR count). The largest absolute Gasteiger partial charge is 0.679 e. The van der Waals surface area contributed by atoms with E-state index < -0.39 is 14.1 Å². The van der Waals surface area contributed by atoms with E-state index in [-0.39, 0.29) is 0 Å². The molecule has 0 saturated carbocycles. The first kappa shape index (κ1) is 18.6. The van der Waals surface area contributed by atoms with Gasteiger partial charge >= 0.3 is 9.05 Å². The van der Waals surface area contributed by atoms with Crippen LogP contribution in [0.15, 0.2) is 0 Å². The molecule has 0 aliphatic rings. The summed E-state index contributed by atoms with van der Waals surface area (Å²) in [6.07, 6.45) is 0. The van der Waals surface area contributed by atoms with Crippen LogP contribution in [-0.2, 0) is 17.7 Å². The van der Waals surface area contributed by atoms with Gasteiger partial charge in [0.05, 0.1) is 0 Å². The molecule has 0 aromatic heterocycles. The minimum Gasteiger partial charge on any atom is -0.351 e. The highest BCUT2D eigenvalue weighted by Gasteiger charge is 2.44. The van der Waals surface area contributed by atoms with Crippen molar-refractivity contribution in [1.29, 1.82) is 0 Å². The molecule has 17 heavy (non-hydrogen) atoms. The Balaban J connectivity index is 0. The predicted octanol–water partition coefficient (Wildman–Crippen LogP) is 1.22. The lowest BCUT2D eigenvalue weighted by Crippen LogP contribution is -2.49. The molecule has 0 radical (unpaired) electrons. The van der Waals surface area contributed by atoms with E-state index in [2.05, 4.69) is 0 Å². The lowest BCUT2D eigenvalue weighted by Gasteiger charge is -2.26. The van der Waals surface area contributed by atoms with Gasteiger partial charge in [0.2, 0.25) is 0 Å². The predicted molar refractivity (Wildman–Crippen MR) is 61.0 cm³/mol. The van der Waals surface area contributed by atoms with E-state index >= 15 is 0 Å². The average molecular weight is 271 g/mol. The van der Waals surface area contributed by atoms with Crippen molar-refractivity contribution in [3.63, 3.8) is 0 Å². The van der Waals surface area contributed by atoms with Crippen molar-refractivity contribution in [3.05, 3.63) is 10.1 Å². The quantitative estimate of drug-likeness (QED) is 0.402. The maximum Gasteiger partial charge on any atom is 0.679 e. The molecule has 8 nitrogen and oxygen atoms in total. The molecule has 0 atom stereocenters. The maximum atomic E-state index is 8.36. The van der Waals surface area contributed by atoms with Gasteiger partial charge < -0.3 is 22.9 Å². The Hall–Kier alpha value is -0.743. The van der Waals surface area contributed by atoms with Crippen LogP contribution in [0.2, 0.25) is 0 Å². The first-order chi connectivity index (χ1) is 7.97. The highest BCUT2D eigenvalue weighted by molar-refractivity contribution is 6.53. The third-order valence-corrected chi connectivity index (χ3v) is 3.85. The summed E-state index contributed by atoms with van der Waals surface area (Å²) in [6, 6.07) is 0. The molecule has 0 aliphatic heterocycles.